The summed E-state index contributed by atoms with van der Waals surface area (Å²) in [7, 11) is 3.71. The van der Waals surface area contributed by atoms with Crippen LogP contribution in [0, 0.1) is 0 Å². The molecule has 2 N–H and O–H groups in total. The van der Waals surface area contributed by atoms with Gasteiger partial charge in [0.15, 0.2) is 0 Å². The summed E-state index contributed by atoms with van der Waals surface area (Å²) in [5.74, 6) is 0.121. The molecule has 0 atom stereocenters. The molecule has 0 heterocycles. The average Bonchev–Trinajstić information content (AvgIpc) is 2.13. The number of thiocarbonyl (C=S) groups is 1. The lowest BCUT2D eigenvalue weighted by atomic mass is 10.3. The van der Waals surface area contributed by atoms with Crippen molar-refractivity contribution < 1.29 is 4.79 Å². The van der Waals surface area contributed by atoms with Crippen LogP contribution in [0.3, 0.4) is 0 Å². The molecule has 0 aliphatic carbocycles. The van der Waals surface area contributed by atoms with E-state index in [2.05, 4.69) is 0 Å². The van der Waals surface area contributed by atoms with E-state index in [0.29, 0.717) is 18.0 Å². The highest BCUT2D eigenvalue weighted by atomic mass is 32.1. The van der Waals surface area contributed by atoms with E-state index < -0.39 is 0 Å². The first-order valence-electron chi connectivity index (χ1n) is 5.07. The third-order valence-corrected chi connectivity index (χ3v) is 2.52. The molecule has 15 heavy (non-hydrogen) atoms. The molecule has 0 aromatic carbocycles. The Bertz CT molecular complexity index is 231. The number of hydrogen-bond donors (Lipinski definition) is 1. The van der Waals surface area contributed by atoms with Crippen LogP contribution in [0.2, 0.25) is 0 Å². The predicted octanol–water partition coefficient (Wildman–Crippen LogP) is 0.461. The van der Waals surface area contributed by atoms with E-state index in [1.165, 1.54) is 0 Å². The number of likely N-dealkylation sites (N-methyl/N-ethyl adjacent to an activating group) is 2. The summed E-state index contributed by atoms with van der Waals surface area (Å²) < 4.78 is 0. The molecule has 0 aliphatic rings. The normalized spacial score (nSPS) is 10.8. The van der Waals surface area contributed by atoms with Crippen molar-refractivity contribution in [2.75, 3.05) is 27.2 Å². The first-order valence-corrected chi connectivity index (χ1v) is 5.48. The monoisotopic (exact) mass is 231 g/mol. The fourth-order valence-electron chi connectivity index (χ4n) is 1.01. The highest BCUT2D eigenvalue weighted by Crippen LogP contribution is 1.96. The average molecular weight is 231 g/mol. The summed E-state index contributed by atoms with van der Waals surface area (Å²) >= 11 is 4.78. The first-order chi connectivity index (χ1) is 6.84. The molecule has 0 saturated carbocycles. The van der Waals surface area contributed by atoms with Gasteiger partial charge in [0, 0.05) is 26.1 Å². The molecular formula is C10H21N3OS. The van der Waals surface area contributed by atoms with E-state index >= 15 is 0 Å². The largest absolute Gasteiger partial charge is 0.393 e. The summed E-state index contributed by atoms with van der Waals surface area (Å²) in [5, 5.41) is 0. The molecule has 88 valence electrons. The first kappa shape index (κ1) is 14.3. The molecule has 0 unspecified atom stereocenters. The second-order valence-corrected chi connectivity index (χ2v) is 4.58. The molecule has 0 aromatic heterocycles. The molecule has 1 amide bonds. The fraction of sp³-hybridized carbons (Fsp3) is 0.800. The van der Waals surface area contributed by atoms with E-state index in [1.54, 1.807) is 4.90 Å². The zero-order valence-electron chi connectivity index (χ0n) is 9.99. The zero-order valence-corrected chi connectivity index (χ0v) is 10.8. The van der Waals surface area contributed by atoms with Gasteiger partial charge in [-0.15, -0.1) is 0 Å². The van der Waals surface area contributed by atoms with Crippen LogP contribution in [0.25, 0.3) is 0 Å². The van der Waals surface area contributed by atoms with Crippen LogP contribution < -0.4 is 5.73 Å². The maximum absolute atomic E-state index is 11.7. The van der Waals surface area contributed by atoms with Gasteiger partial charge in [0.1, 0.15) is 0 Å². The van der Waals surface area contributed by atoms with Gasteiger partial charge in [-0.25, -0.2) is 0 Å². The van der Waals surface area contributed by atoms with Crippen LogP contribution in [-0.2, 0) is 4.79 Å². The van der Waals surface area contributed by atoms with Gasteiger partial charge in [0.05, 0.1) is 11.5 Å². The minimum absolute atomic E-state index is 0.121. The standard InChI is InChI=1S/C10H21N3OS/c1-8(2)13(4)10(14)7-12(3)6-5-9(11)15/h8H,5-7H2,1-4H3,(H2,11,15). The van der Waals surface area contributed by atoms with Crippen LogP contribution in [-0.4, -0.2) is 53.9 Å². The van der Waals surface area contributed by atoms with Crippen molar-refractivity contribution in [3.63, 3.8) is 0 Å². The van der Waals surface area contributed by atoms with Crippen molar-refractivity contribution in [3.8, 4) is 0 Å². The van der Waals surface area contributed by atoms with E-state index in [-0.39, 0.29) is 11.9 Å². The Morgan fingerprint density at radius 1 is 1.40 bits per heavy atom. The number of carbonyl (C=O) groups is 1. The van der Waals surface area contributed by atoms with E-state index in [0.717, 1.165) is 6.54 Å². The summed E-state index contributed by atoms with van der Waals surface area (Å²) in [5.41, 5.74) is 5.39. The Kier molecular flexibility index (Phi) is 6.43. The van der Waals surface area contributed by atoms with Gasteiger partial charge in [-0.2, -0.15) is 0 Å². The molecule has 5 heteroatoms. The van der Waals surface area contributed by atoms with Gasteiger partial charge in [-0.3, -0.25) is 9.69 Å². The van der Waals surface area contributed by atoms with E-state index in [9.17, 15) is 4.79 Å². The van der Waals surface area contributed by atoms with Crippen LogP contribution in [0.5, 0.6) is 0 Å². The molecule has 0 spiro atoms. The summed E-state index contributed by atoms with van der Waals surface area (Å²) in [6.45, 7) is 5.13. The number of amides is 1. The van der Waals surface area contributed by atoms with Crippen LogP contribution in [0.1, 0.15) is 20.3 Å². The van der Waals surface area contributed by atoms with Gasteiger partial charge in [0.25, 0.3) is 0 Å². The lowest BCUT2D eigenvalue weighted by Gasteiger charge is -2.24. The zero-order chi connectivity index (χ0) is 12.0. The quantitative estimate of drug-likeness (QED) is 0.675. The minimum atomic E-state index is 0.121. The molecular weight excluding hydrogens is 210 g/mol. The molecule has 0 bridgehead atoms. The van der Waals surface area contributed by atoms with Crippen molar-refractivity contribution in [1.29, 1.82) is 0 Å². The Labute approximate surface area is 97.4 Å². The molecule has 0 aromatic rings. The third-order valence-electron chi connectivity index (χ3n) is 2.31. The lowest BCUT2D eigenvalue weighted by Crippen LogP contribution is -2.40. The Balaban J connectivity index is 3.90. The Morgan fingerprint density at radius 3 is 2.33 bits per heavy atom. The van der Waals surface area contributed by atoms with Gasteiger partial charge < -0.3 is 10.6 Å². The van der Waals surface area contributed by atoms with Crippen molar-refractivity contribution in [1.82, 2.24) is 9.80 Å². The summed E-state index contributed by atoms with van der Waals surface area (Å²) in [6.07, 6.45) is 0.657. The minimum Gasteiger partial charge on any atom is -0.393 e. The van der Waals surface area contributed by atoms with Crippen molar-refractivity contribution in [2.45, 2.75) is 26.3 Å². The topological polar surface area (TPSA) is 49.6 Å². The summed E-state index contributed by atoms with van der Waals surface area (Å²) in [6, 6.07) is 0.237. The van der Waals surface area contributed by atoms with Crippen LogP contribution in [0.15, 0.2) is 0 Å². The Morgan fingerprint density at radius 2 is 1.93 bits per heavy atom. The Hall–Kier alpha value is -0.680. The number of rotatable bonds is 6. The number of hydrogen-bond acceptors (Lipinski definition) is 3. The van der Waals surface area contributed by atoms with E-state index in [1.807, 2.05) is 32.8 Å². The molecule has 4 nitrogen and oxygen atoms in total. The second-order valence-electron chi connectivity index (χ2n) is 4.05. The third kappa shape index (κ3) is 6.41. The summed E-state index contributed by atoms with van der Waals surface area (Å²) in [4.78, 5) is 15.8. The number of nitrogens with zero attached hydrogens (tertiary/aromatic N) is 2. The smallest absolute Gasteiger partial charge is 0.236 e. The molecule has 0 rings (SSSR count). The predicted molar refractivity (Wildman–Crippen MR) is 66.8 cm³/mol. The van der Waals surface area contributed by atoms with Crippen molar-refractivity contribution >= 4 is 23.1 Å². The maximum Gasteiger partial charge on any atom is 0.236 e. The van der Waals surface area contributed by atoms with Crippen molar-refractivity contribution in [2.24, 2.45) is 5.73 Å². The molecule has 0 radical (unpaired) electrons. The van der Waals surface area contributed by atoms with Gasteiger partial charge in [0.2, 0.25) is 5.91 Å². The fourth-order valence-corrected chi connectivity index (χ4v) is 1.10. The van der Waals surface area contributed by atoms with Crippen LogP contribution >= 0.6 is 12.2 Å². The van der Waals surface area contributed by atoms with Gasteiger partial charge in [-0.1, -0.05) is 12.2 Å². The molecule has 0 fully saturated rings. The molecule has 0 aliphatic heterocycles. The SMILES string of the molecule is CC(C)N(C)C(=O)CN(C)CCC(N)=S. The van der Waals surface area contributed by atoms with E-state index in [4.69, 9.17) is 18.0 Å². The lowest BCUT2D eigenvalue weighted by molar-refractivity contribution is -0.132. The maximum atomic E-state index is 11.7. The molecule has 0 saturated heterocycles. The van der Waals surface area contributed by atoms with Gasteiger partial charge >= 0.3 is 0 Å². The van der Waals surface area contributed by atoms with Gasteiger partial charge in [-0.05, 0) is 20.9 Å². The highest BCUT2D eigenvalue weighted by Gasteiger charge is 2.13. The number of nitrogens with two attached hydrogens (primary N) is 1. The van der Waals surface area contributed by atoms with Crippen molar-refractivity contribution in [3.05, 3.63) is 0 Å². The highest BCUT2D eigenvalue weighted by molar-refractivity contribution is 7.80. The number of carbonyl (C=O) groups excluding carboxylic acids is 1. The second kappa shape index (κ2) is 6.74. The van der Waals surface area contributed by atoms with Crippen LogP contribution in [0.4, 0.5) is 0 Å².